The Bertz CT molecular complexity index is 350. The molecule has 18 heavy (non-hydrogen) atoms. The standard InChI is InChI=1S/C15H25NO2/c1-5-17-13-7-8-15(18-6-2)14(11-13)16-10-9-12(3)4/h7-8,11-12,16H,5-6,9-10H2,1-4H3. The monoisotopic (exact) mass is 251 g/mol. The molecule has 0 spiro atoms. The third-order valence-corrected chi connectivity index (χ3v) is 2.60. The summed E-state index contributed by atoms with van der Waals surface area (Å²) in [5.74, 6) is 2.47. The van der Waals surface area contributed by atoms with Gasteiger partial charge in [0.15, 0.2) is 0 Å². The topological polar surface area (TPSA) is 30.5 Å². The quantitative estimate of drug-likeness (QED) is 0.759. The van der Waals surface area contributed by atoms with E-state index in [1.807, 2.05) is 32.0 Å². The minimum absolute atomic E-state index is 0.673. The Hall–Kier alpha value is -1.38. The van der Waals surface area contributed by atoms with Crippen molar-refractivity contribution in [2.75, 3.05) is 25.1 Å². The Morgan fingerprint density at radius 3 is 2.44 bits per heavy atom. The summed E-state index contributed by atoms with van der Waals surface area (Å²) in [5, 5.41) is 3.42. The predicted octanol–water partition coefficient (Wildman–Crippen LogP) is 3.94. The maximum atomic E-state index is 5.61. The van der Waals surface area contributed by atoms with Gasteiger partial charge in [-0.25, -0.2) is 0 Å². The van der Waals surface area contributed by atoms with Gasteiger partial charge in [0.1, 0.15) is 11.5 Å². The summed E-state index contributed by atoms with van der Waals surface area (Å²) in [6.07, 6.45) is 1.14. The molecule has 0 saturated heterocycles. The van der Waals surface area contributed by atoms with Crippen molar-refractivity contribution in [2.24, 2.45) is 5.92 Å². The van der Waals surface area contributed by atoms with Crippen molar-refractivity contribution in [3.63, 3.8) is 0 Å². The largest absolute Gasteiger partial charge is 0.494 e. The van der Waals surface area contributed by atoms with Crippen molar-refractivity contribution in [3.05, 3.63) is 18.2 Å². The van der Waals surface area contributed by atoms with Gasteiger partial charge in [0.25, 0.3) is 0 Å². The van der Waals surface area contributed by atoms with Gasteiger partial charge >= 0.3 is 0 Å². The van der Waals surface area contributed by atoms with Crippen molar-refractivity contribution in [1.82, 2.24) is 0 Å². The highest BCUT2D eigenvalue weighted by Crippen LogP contribution is 2.29. The molecule has 0 bridgehead atoms. The molecule has 0 atom stereocenters. The van der Waals surface area contributed by atoms with Gasteiger partial charge in [-0.1, -0.05) is 13.8 Å². The van der Waals surface area contributed by atoms with Crippen LogP contribution in [0.4, 0.5) is 5.69 Å². The molecule has 0 radical (unpaired) electrons. The van der Waals surface area contributed by atoms with Gasteiger partial charge in [0.2, 0.25) is 0 Å². The second-order valence-corrected chi connectivity index (χ2v) is 4.63. The zero-order chi connectivity index (χ0) is 13.4. The fourth-order valence-corrected chi connectivity index (χ4v) is 1.68. The van der Waals surface area contributed by atoms with E-state index in [2.05, 4.69) is 19.2 Å². The molecule has 0 unspecified atom stereocenters. The lowest BCUT2D eigenvalue weighted by molar-refractivity contribution is 0.332. The summed E-state index contributed by atoms with van der Waals surface area (Å²) < 4.78 is 11.1. The number of rotatable bonds is 8. The van der Waals surface area contributed by atoms with E-state index in [1.54, 1.807) is 0 Å². The van der Waals surface area contributed by atoms with E-state index in [1.165, 1.54) is 0 Å². The van der Waals surface area contributed by atoms with Crippen LogP contribution in [0.1, 0.15) is 34.1 Å². The van der Waals surface area contributed by atoms with E-state index in [0.717, 1.165) is 30.2 Å². The van der Waals surface area contributed by atoms with E-state index in [0.29, 0.717) is 19.1 Å². The Morgan fingerprint density at radius 1 is 1.11 bits per heavy atom. The third-order valence-electron chi connectivity index (χ3n) is 2.60. The lowest BCUT2D eigenvalue weighted by Crippen LogP contribution is -2.07. The van der Waals surface area contributed by atoms with Crippen molar-refractivity contribution in [2.45, 2.75) is 34.1 Å². The van der Waals surface area contributed by atoms with Crippen LogP contribution >= 0.6 is 0 Å². The van der Waals surface area contributed by atoms with Crippen LogP contribution in [0.15, 0.2) is 18.2 Å². The first kappa shape index (κ1) is 14.7. The van der Waals surface area contributed by atoms with Crippen molar-refractivity contribution in [3.8, 4) is 11.5 Å². The van der Waals surface area contributed by atoms with Crippen LogP contribution in [0.2, 0.25) is 0 Å². The Balaban J connectivity index is 2.72. The van der Waals surface area contributed by atoms with E-state index in [9.17, 15) is 0 Å². The lowest BCUT2D eigenvalue weighted by Gasteiger charge is -2.15. The highest BCUT2D eigenvalue weighted by Gasteiger charge is 2.05. The molecule has 3 nitrogen and oxygen atoms in total. The van der Waals surface area contributed by atoms with Crippen LogP contribution in [0.25, 0.3) is 0 Å². The van der Waals surface area contributed by atoms with Crippen LogP contribution in [0, 0.1) is 5.92 Å². The van der Waals surface area contributed by atoms with Crippen LogP contribution < -0.4 is 14.8 Å². The van der Waals surface area contributed by atoms with Crippen LogP contribution in [-0.2, 0) is 0 Å². The van der Waals surface area contributed by atoms with Gasteiger partial charge in [-0.2, -0.15) is 0 Å². The van der Waals surface area contributed by atoms with Crippen LogP contribution in [-0.4, -0.2) is 19.8 Å². The molecular weight excluding hydrogens is 226 g/mol. The number of ether oxygens (including phenoxy) is 2. The fourth-order valence-electron chi connectivity index (χ4n) is 1.68. The molecule has 0 amide bonds. The zero-order valence-corrected chi connectivity index (χ0v) is 12.0. The summed E-state index contributed by atoms with van der Waals surface area (Å²) in [5.41, 5.74) is 1.02. The molecule has 0 aliphatic carbocycles. The first-order valence-corrected chi connectivity index (χ1v) is 6.80. The number of hydrogen-bond acceptors (Lipinski definition) is 3. The Kier molecular flexibility index (Phi) is 6.40. The second-order valence-electron chi connectivity index (χ2n) is 4.63. The summed E-state index contributed by atoms with van der Waals surface area (Å²) in [6.45, 7) is 10.7. The van der Waals surface area contributed by atoms with Gasteiger partial charge in [-0.15, -0.1) is 0 Å². The number of benzene rings is 1. The Labute approximate surface area is 110 Å². The summed E-state index contributed by atoms with van der Waals surface area (Å²) >= 11 is 0. The van der Waals surface area contributed by atoms with Crippen molar-refractivity contribution < 1.29 is 9.47 Å². The molecular formula is C15H25NO2. The molecule has 1 N–H and O–H groups in total. The summed E-state index contributed by atoms with van der Waals surface area (Å²) in [7, 11) is 0. The first-order valence-electron chi connectivity index (χ1n) is 6.80. The summed E-state index contributed by atoms with van der Waals surface area (Å²) in [4.78, 5) is 0. The lowest BCUT2D eigenvalue weighted by atomic mass is 10.1. The normalized spacial score (nSPS) is 10.5. The van der Waals surface area contributed by atoms with Crippen LogP contribution in [0.3, 0.4) is 0 Å². The number of anilines is 1. The molecule has 0 aromatic heterocycles. The van der Waals surface area contributed by atoms with E-state index < -0.39 is 0 Å². The van der Waals surface area contributed by atoms with Gasteiger partial charge in [-0.3, -0.25) is 0 Å². The average molecular weight is 251 g/mol. The third kappa shape index (κ3) is 4.86. The number of nitrogens with one attached hydrogen (secondary N) is 1. The molecule has 102 valence electrons. The van der Waals surface area contributed by atoms with Crippen LogP contribution in [0.5, 0.6) is 11.5 Å². The van der Waals surface area contributed by atoms with Crippen molar-refractivity contribution in [1.29, 1.82) is 0 Å². The van der Waals surface area contributed by atoms with Gasteiger partial charge in [-0.05, 0) is 38.3 Å². The molecule has 0 aliphatic rings. The predicted molar refractivity (Wildman–Crippen MR) is 76.7 cm³/mol. The fraction of sp³-hybridized carbons (Fsp3) is 0.600. The SMILES string of the molecule is CCOc1ccc(OCC)c(NCCC(C)C)c1. The average Bonchev–Trinajstić information content (AvgIpc) is 2.32. The second kappa shape index (κ2) is 7.85. The zero-order valence-electron chi connectivity index (χ0n) is 12.0. The molecule has 0 aliphatic heterocycles. The maximum absolute atomic E-state index is 5.61. The number of hydrogen-bond donors (Lipinski definition) is 1. The highest BCUT2D eigenvalue weighted by molar-refractivity contribution is 5.59. The van der Waals surface area contributed by atoms with E-state index in [4.69, 9.17) is 9.47 Å². The van der Waals surface area contributed by atoms with Gasteiger partial charge in [0.05, 0.1) is 18.9 Å². The maximum Gasteiger partial charge on any atom is 0.142 e. The molecule has 1 aromatic rings. The van der Waals surface area contributed by atoms with E-state index in [-0.39, 0.29) is 0 Å². The Morgan fingerprint density at radius 2 is 1.83 bits per heavy atom. The molecule has 1 rings (SSSR count). The molecule has 1 aromatic carbocycles. The van der Waals surface area contributed by atoms with Gasteiger partial charge in [0, 0.05) is 12.6 Å². The molecule has 0 saturated carbocycles. The molecule has 0 fully saturated rings. The molecule has 3 heteroatoms. The minimum atomic E-state index is 0.673. The van der Waals surface area contributed by atoms with Crippen molar-refractivity contribution >= 4 is 5.69 Å². The molecule has 0 heterocycles. The minimum Gasteiger partial charge on any atom is -0.494 e. The van der Waals surface area contributed by atoms with Gasteiger partial charge < -0.3 is 14.8 Å². The smallest absolute Gasteiger partial charge is 0.142 e. The first-order chi connectivity index (χ1) is 8.67. The highest BCUT2D eigenvalue weighted by atomic mass is 16.5. The van der Waals surface area contributed by atoms with E-state index >= 15 is 0 Å². The summed E-state index contributed by atoms with van der Waals surface area (Å²) in [6, 6.07) is 5.92.